The molecule has 0 N–H and O–H groups in total. The van der Waals surface area contributed by atoms with Gasteiger partial charge in [0.05, 0.1) is 0 Å². The summed E-state index contributed by atoms with van der Waals surface area (Å²) < 4.78 is 0. The van der Waals surface area contributed by atoms with E-state index in [0.717, 1.165) is 0 Å². The molecule has 1 aromatic carbocycles. The standard InChI is InChI=1S/C17H14S2/c1-13-7-8-15(18-13)9-10-16-11-12-17(19-16)14-5-3-2-4-6-14/h2-12H,1H3. The zero-order valence-corrected chi connectivity index (χ0v) is 12.3. The first-order chi connectivity index (χ1) is 9.31. The summed E-state index contributed by atoms with van der Waals surface area (Å²) in [6.45, 7) is 2.14. The molecule has 0 aliphatic heterocycles. The molecule has 0 saturated heterocycles. The molecule has 0 nitrogen and oxygen atoms in total. The van der Waals surface area contributed by atoms with Crippen molar-refractivity contribution >= 4 is 34.8 Å². The molecule has 2 heteroatoms. The van der Waals surface area contributed by atoms with Gasteiger partial charge in [0.1, 0.15) is 0 Å². The average molecular weight is 282 g/mol. The van der Waals surface area contributed by atoms with E-state index in [-0.39, 0.29) is 0 Å². The molecule has 0 spiro atoms. The highest BCUT2D eigenvalue weighted by atomic mass is 32.1. The van der Waals surface area contributed by atoms with E-state index in [0.29, 0.717) is 0 Å². The van der Waals surface area contributed by atoms with E-state index in [4.69, 9.17) is 0 Å². The van der Waals surface area contributed by atoms with Gasteiger partial charge in [-0.3, -0.25) is 0 Å². The van der Waals surface area contributed by atoms with Crippen LogP contribution in [-0.2, 0) is 0 Å². The molecule has 0 unspecified atom stereocenters. The molecule has 19 heavy (non-hydrogen) atoms. The van der Waals surface area contributed by atoms with Gasteiger partial charge in [-0.25, -0.2) is 0 Å². The van der Waals surface area contributed by atoms with Crippen LogP contribution in [0.25, 0.3) is 22.6 Å². The van der Waals surface area contributed by atoms with Gasteiger partial charge in [-0.15, -0.1) is 22.7 Å². The number of hydrogen-bond donors (Lipinski definition) is 0. The smallest absolute Gasteiger partial charge is 0.0349 e. The minimum Gasteiger partial charge on any atom is -0.141 e. The van der Waals surface area contributed by atoms with Crippen molar-refractivity contribution in [1.82, 2.24) is 0 Å². The van der Waals surface area contributed by atoms with Crippen molar-refractivity contribution < 1.29 is 0 Å². The number of aryl methyl sites for hydroxylation is 1. The fraction of sp³-hybridized carbons (Fsp3) is 0.0588. The fourth-order valence-corrected chi connectivity index (χ4v) is 3.60. The molecule has 3 aromatic rings. The lowest BCUT2D eigenvalue weighted by Crippen LogP contribution is -1.67. The molecule has 0 saturated carbocycles. The maximum absolute atomic E-state index is 2.20. The van der Waals surface area contributed by atoms with Crippen molar-refractivity contribution in [2.75, 3.05) is 0 Å². The Labute approximate surface area is 121 Å². The molecular weight excluding hydrogens is 268 g/mol. The number of benzene rings is 1. The monoisotopic (exact) mass is 282 g/mol. The first-order valence-corrected chi connectivity index (χ1v) is 7.84. The summed E-state index contributed by atoms with van der Waals surface area (Å²) in [5, 5.41) is 0. The Kier molecular flexibility index (Phi) is 3.62. The van der Waals surface area contributed by atoms with E-state index in [2.05, 4.69) is 73.7 Å². The Hall–Kier alpha value is -1.64. The van der Waals surface area contributed by atoms with Crippen molar-refractivity contribution in [3.8, 4) is 10.4 Å². The third-order valence-corrected chi connectivity index (χ3v) is 4.92. The van der Waals surface area contributed by atoms with Crippen molar-refractivity contribution in [2.24, 2.45) is 0 Å². The van der Waals surface area contributed by atoms with Gasteiger partial charge in [0.2, 0.25) is 0 Å². The number of thiophene rings is 2. The lowest BCUT2D eigenvalue weighted by molar-refractivity contribution is 1.64. The van der Waals surface area contributed by atoms with Crippen LogP contribution in [0.3, 0.4) is 0 Å². The van der Waals surface area contributed by atoms with Crippen LogP contribution in [0.5, 0.6) is 0 Å². The zero-order chi connectivity index (χ0) is 13.1. The first kappa shape index (κ1) is 12.4. The molecule has 3 rings (SSSR count). The van der Waals surface area contributed by atoms with Crippen LogP contribution < -0.4 is 0 Å². The van der Waals surface area contributed by atoms with Crippen LogP contribution in [-0.4, -0.2) is 0 Å². The summed E-state index contributed by atoms with van der Waals surface area (Å²) in [5.74, 6) is 0. The number of rotatable bonds is 3. The van der Waals surface area contributed by atoms with Gasteiger partial charge in [0.25, 0.3) is 0 Å². The Morgan fingerprint density at radius 1 is 0.737 bits per heavy atom. The van der Waals surface area contributed by atoms with E-state index < -0.39 is 0 Å². The number of hydrogen-bond acceptors (Lipinski definition) is 2. The quantitative estimate of drug-likeness (QED) is 0.556. The van der Waals surface area contributed by atoms with E-state index in [1.54, 1.807) is 0 Å². The van der Waals surface area contributed by atoms with Crippen molar-refractivity contribution in [3.63, 3.8) is 0 Å². The molecule has 0 fully saturated rings. The summed E-state index contributed by atoms with van der Waals surface area (Å²) in [4.78, 5) is 5.29. The van der Waals surface area contributed by atoms with Crippen molar-refractivity contribution in [3.05, 3.63) is 69.2 Å². The lowest BCUT2D eigenvalue weighted by atomic mass is 10.2. The highest BCUT2D eigenvalue weighted by Crippen LogP contribution is 2.29. The molecule has 0 atom stereocenters. The summed E-state index contributed by atoms with van der Waals surface area (Å²) in [6, 6.07) is 19.2. The first-order valence-electron chi connectivity index (χ1n) is 6.21. The van der Waals surface area contributed by atoms with Gasteiger partial charge in [0.15, 0.2) is 0 Å². The highest BCUT2D eigenvalue weighted by Gasteiger charge is 2.00. The maximum Gasteiger partial charge on any atom is 0.0349 e. The largest absolute Gasteiger partial charge is 0.141 e. The SMILES string of the molecule is Cc1ccc(C=Cc2ccc(-c3ccccc3)s2)s1. The maximum atomic E-state index is 2.20. The molecule has 0 aliphatic rings. The van der Waals surface area contributed by atoms with Gasteiger partial charge in [-0.05, 0) is 48.9 Å². The molecule has 0 bridgehead atoms. The molecular formula is C17H14S2. The molecule has 2 heterocycles. The van der Waals surface area contributed by atoms with Crippen LogP contribution in [0, 0.1) is 6.92 Å². The van der Waals surface area contributed by atoms with Gasteiger partial charge < -0.3 is 0 Å². The third kappa shape index (κ3) is 3.03. The topological polar surface area (TPSA) is 0 Å². The summed E-state index contributed by atoms with van der Waals surface area (Å²) in [5.41, 5.74) is 1.29. The minimum atomic E-state index is 1.29. The van der Waals surface area contributed by atoms with Gasteiger partial charge in [0, 0.05) is 19.5 Å². The van der Waals surface area contributed by atoms with Crippen molar-refractivity contribution in [1.29, 1.82) is 0 Å². The lowest BCUT2D eigenvalue weighted by Gasteiger charge is -1.94. The van der Waals surface area contributed by atoms with Crippen LogP contribution in [0.15, 0.2) is 54.6 Å². The van der Waals surface area contributed by atoms with E-state index in [1.807, 2.05) is 22.7 Å². The predicted octanol–water partition coefficient (Wildman–Crippen LogP) is 5.96. The van der Waals surface area contributed by atoms with Gasteiger partial charge in [-0.1, -0.05) is 30.3 Å². The predicted molar refractivity (Wildman–Crippen MR) is 87.7 cm³/mol. The summed E-state index contributed by atoms with van der Waals surface area (Å²) in [7, 11) is 0. The third-order valence-electron chi connectivity index (χ3n) is 2.86. The fourth-order valence-electron chi connectivity index (χ4n) is 1.91. The van der Waals surface area contributed by atoms with Gasteiger partial charge >= 0.3 is 0 Å². The van der Waals surface area contributed by atoms with Crippen LogP contribution in [0.4, 0.5) is 0 Å². The van der Waals surface area contributed by atoms with E-state index in [1.165, 1.54) is 25.1 Å². The van der Waals surface area contributed by atoms with Crippen molar-refractivity contribution in [2.45, 2.75) is 6.92 Å². The molecule has 0 aliphatic carbocycles. The highest BCUT2D eigenvalue weighted by molar-refractivity contribution is 7.16. The molecule has 2 aromatic heterocycles. The average Bonchev–Trinajstić information content (AvgIpc) is 3.06. The van der Waals surface area contributed by atoms with Crippen LogP contribution >= 0.6 is 22.7 Å². The molecule has 0 radical (unpaired) electrons. The summed E-state index contributed by atoms with van der Waals surface area (Å²) >= 11 is 3.66. The van der Waals surface area contributed by atoms with Crippen LogP contribution in [0.1, 0.15) is 14.6 Å². The zero-order valence-electron chi connectivity index (χ0n) is 10.7. The second-order valence-electron chi connectivity index (χ2n) is 4.35. The normalized spacial score (nSPS) is 11.2. The Bertz CT molecular complexity index is 687. The Morgan fingerprint density at radius 3 is 2.11 bits per heavy atom. The molecule has 94 valence electrons. The Morgan fingerprint density at radius 2 is 1.42 bits per heavy atom. The molecule has 0 amide bonds. The summed E-state index contributed by atoms with van der Waals surface area (Å²) in [6.07, 6.45) is 4.39. The second-order valence-corrected chi connectivity index (χ2v) is 6.78. The van der Waals surface area contributed by atoms with Gasteiger partial charge in [-0.2, -0.15) is 0 Å². The Balaban J connectivity index is 1.80. The second kappa shape index (κ2) is 5.55. The van der Waals surface area contributed by atoms with Crippen LogP contribution in [0.2, 0.25) is 0 Å². The van der Waals surface area contributed by atoms with E-state index in [9.17, 15) is 0 Å². The minimum absolute atomic E-state index is 1.29. The van der Waals surface area contributed by atoms with E-state index >= 15 is 0 Å².